The van der Waals surface area contributed by atoms with Gasteiger partial charge in [-0.2, -0.15) is 4.98 Å². The minimum Gasteiger partial charge on any atom is -0.388 e. The number of rotatable bonds is 4. The van der Waals surface area contributed by atoms with Crippen molar-refractivity contribution in [2.45, 2.75) is 31.5 Å². The molecule has 6 nitrogen and oxygen atoms in total. The predicted octanol–water partition coefficient (Wildman–Crippen LogP) is -0.127. The number of aliphatic hydroxyl groups is 1. The molecule has 1 aliphatic heterocycles. The minimum atomic E-state index is -0.755. The summed E-state index contributed by atoms with van der Waals surface area (Å²) in [5, 5.41) is 17.2. The fourth-order valence-electron chi connectivity index (χ4n) is 1.93. The average Bonchev–Trinajstić information content (AvgIpc) is 2.66. The zero-order valence-corrected chi connectivity index (χ0v) is 9.40. The van der Waals surface area contributed by atoms with E-state index < -0.39 is 5.60 Å². The Bertz CT molecular complexity index is 334. The first-order chi connectivity index (χ1) is 7.72. The van der Waals surface area contributed by atoms with E-state index in [9.17, 15) is 5.11 Å². The Morgan fingerprint density at radius 3 is 3.19 bits per heavy atom. The zero-order valence-electron chi connectivity index (χ0n) is 9.40. The van der Waals surface area contributed by atoms with Crippen LogP contribution in [0, 0.1) is 0 Å². The van der Waals surface area contributed by atoms with E-state index in [1.165, 1.54) is 0 Å². The fourth-order valence-corrected chi connectivity index (χ4v) is 1.93. The Morgan fingerprint density at radius 1 is 1.62 bits per heavy atom. The van der Waals surface area contributed by atoms with E-state index in [1.807, 2.05) is 0 Å². The summed E-state index contributed by atoms with van der Waals surface area (Å²) < 4.78 is 9.95. The number of nitrogens with zero attached hydrogens (tertiary/aromatic N) is 2. The Morgan fingerprint density at radius 2 is 2.50 bits per heavy atom. The van der Waals surface area contributed by atoms with Crippen molar-refractivity contribution in [1.29, 1.82) is 0 Å². The van der Waals surface area contributed by atoms with Crippen LogP contribution in [0.15, 0.2) is 4.52 Å². The molecule has 0 saturated carbocycles. The van der Waals surface area contributed by atoms with Crippen LogP contribution in [0.25, 0.3) is 0 Å². The van der Waals surface area contributed by atoms with Crippen LogP contribution in [-0.2, 0) is 17.8 Å². The highest BCUT2D eigenvalue weighted by Crippen LogP contribution is 2.20. The SMILES string of the molecule is COCc1noc(CC2(O)CCCNC2)n1. The Kier molecular flexibility index (Phi) is 3.52. The Balaban J connectivity index is 1.96. The second-order valence-electron chi connectivity index (χ2n) is 4.22. The highest BCUT2D eigenvalue weighted by Gasteiger charge is 2.31. The van der Waals surface area contributed by atoms with E-state index in [0.29, 0.717) is 31.3 Å². The molecule has 0 spiro atoms. The highest BCUT2D eigenvalue weighted by molar-refractivity contribution is 4.95. The largest absolute Gasteiger partial charge is 0.388 e. The number of methoxy groups -OCH3 is 1. The van der Waals surface area contributed by atoms with Crippen molar-refractivity contribution in [2.24, 2.45) is 0 Å². The van der Waals surface area contributed by atoms with Gasteiger partial charge in [-0.1, -0.05) is 5.16 Å². The molecule has 0 aliphatic carbocycles. The van der Waals surface area contributed by atoms with E-state index in [0.717, 1.165) is 19.4 Å². The van der Waals surface area contributed by atoms with Crippen molar-refractivity contribution < 1.29 is 14.4 Å². The highest BCUT2D eigenvalue weighted by atomic mass is 16.5. The molecule has 1 unspecified atom stereocenters. The first-order valence-electron chi connectivity index (χ1n) is 5.45. The lowest BCUT2D eigenvalue weighted by molar-refractivity contribution is 0.0103. The van der Waals surface area contributed by atoms with Crippen LogP contribution in [0.5, 0.6) is 0 Å². The molecule has 1 aromatic rings. The van der Waals surface area contributed by atoms with E-state index >= 15 is 0 Å². The molecule has 0 bridgehead atoms. The summed E-state index contributed by atoms with van der Waals surface area (Å²) in [6.07, 6.45) is 2.13. The second-order valence-corrected chi connectivity index (χ2v) is 4.22. The lowest BCUT2D eigenvalue weighted by atomic mass is 9.91. The Labute approximate surface area is 94.0 Å². The van der Waals surface area contributed by atoms with Crippen molar-refractivity contribution in [3.05, 3.63) is 11.7 Å². The Hall–Kier alpha value is -0.980. The maximum atomic E-state index is 10.2. The number of hydrogen-bond acceptors (Lipinski definition) is 6. The maximum Gasteiger partial charge on any atom is 0.229 e. The number of piperidine rings is 1. The lowest BCUT2D eigenvalue weighted by Crippen LogP contribution is -2.47. The number of nitrogens with one attached hydrogen (secondary N) is 1. The molecule has 6 heteroatoms. The third-order valence-corrected chi connectivity index (χ3v) is 2.71. The van der Waals surface area contributed by atoms with Crippen LogP contribution in [0.4, 0.5) is 0 Å². The molecule has 2 N–H and O–H groups in total. The number of ether oxygens (including phenoxy) is 1. The summed E-state index contributed by atoms with van der Waals surface area (Å²) in [5.41, 5.74) is -0.755. The fraction of sp³-hybridized carbons (Fsp3) is 0.800. The zero-order chi connectivity index (χ0) is 11.4. The molecule has 90 valence electrons. The van der Waals surface area contributed by atoms with E-state index in [2.05, 4.69) is 15.5 Å². The van der Waals surface area contributed by atoms with Crippen LogP contribution in [0.3, 0.4) is 0 Å². The molecule has 16 heavy (non-hydrogen) atoms. The van der Waals surface area contributed by atoms with Crippen molar-refractivity contribution in [3.8, 4) is 0 Å². The van der Waals surface area contributed by atoms with Crippen LogP contribution in [0.2, 0.25) is 0 Å². The molecule has 1 fully saturated rings. The van der Waals surface area contributed by atoms with E-state index in [-0.39, 0.29) is 0 Å². The molecule has 0 amide bonds. The topological polar surface area (TPSA) is 80.4 Å². The van der Waals surface area contributed by atoms with Crippen molar-refractivity contribution in [1.82, 2.24) is 15.5 Å². The monoisotopic (exact) mass is 227 g/mol. The average molecular weight is 227 g/mol. The summed E-state index contributed by atoms with van der Waals surface area (Å²) in [7, 11) is 1.58. The van der Waals surface area contributed by atoms with Gasteiger partial charge in [-0.25, -0.2) is 0 Å². The van der Waals surface area contributed by atoms with E-state index in [1.54, 1.807) is 7.11 Å². The van der Waals surface area contributed by atoms with Gasteiger partial charge in [-0.15, -0.1) is 0 Å². The van der Waals surface area contributed by atoms with Crippen LogP contribution >= 0.6 is 0 Å². The van der Waals surface area contributed by atoms with Gasteiger partial charge < -0.3 is 19.7 Å². The van der Waals surface area contributed by atoms with Gasteiger partial charge >= 0.3 is 0 Å². The molecule has 2 rings (SSSR count). The third-order valence-electron chi connectivity index (χ3n) is 2.71. The summed E-state index contributed by atoms with van der Waals surface area (Å²) in [5.74, 6) is 0.989. The van der Waals surface area contributed by atoms with Crippen molar-refractivity contribution >= 4 is 0 Å². The first-order valence-corrected chi connectivity index (χ1v) is 5.45. The predicted molar refractivity (Wildman–Crippen MR) is 55.8 cm³/mol. The van der Waals surface area contributed by atoms with Gasteiger partial charge in [0.05, 0.1) is 12.0 Å². The minimum absolute atomic E-state index is 0.334. The van der Waals surface area contributed by atoms with Crippen molar-refractivity contribution in [3.63, 3.8) is 0 Å². The smallest absolute Gasteiger partial charge is 0.229 e. The van der Waals surface area contributed by atoms with Gasteiger partial charge in [0.1, 0.15) is 6.61 Å². The van der Waals surface area contributed by atoms with Gasteiger partial charge in [-0.05, 0) is 19.4 Å². The second kappa shape index (κ2) is 4.90. The molecule has 1 saturated heterocycles. The third kappa shape index (κ3) is 2.78. The first kappa shape index (κ1) is 11.5. The molecule has 2 heterocycles. The number of aromatic nitrogens is 2. The standard InChI is InChI=1S/C10H17N3O3/c1-15-6-8-12-9(16-13-8)5-10(14)3-2-4-11-7-10/h11,14H,2-7H2,1H3. The lowest BCUT2D eigenvalue weighted by Gasteiger charge is -2.31. The molecule has 1 aromatic heterocycles. The molecule has 1 atom stereocenters. The van der Waals surface area contributed by atoms with Gasteiger partial charge in [-0.3, -0.25) is 0 Å². The molecular weight excluding hydrogens is 210 g/mol. The van der Waals surface area contributed by atoms with Gasteiger partial charge in [0.25, 0.3) is 0 Å². The van der Waals surface area contributed by atoms with Crippen LogP contribution in [0.1, 0.15) is 24.6 Å². The number of β-amino-alcohol motifs (C(OH)–C–C–N with tert-alkyl or cyclic N) is 1. The quantitative estimate of drug-likeness (QED) is 0.746. The van der Waals surface area contributed by atoms with Crippen LogP contribution in [-0.4, -0.2) is 41.0 Å². The molecule has 0 radical (unpaired) electrons. The van der Waals surface area contributed by atoms with Gasteiger partial charge in [0.15, 0.2) is 5.82 Å². The summed E-state index contributed by atoms with van der Waals surface area (Å²) in [6, 6.07) is 0. The molecular formula is C10H17N3O3. The van der Waals surface area contributed by atoms with E-state index in [4.69, 9.17) is 9.26 Å². The van der Waals surface area contributed by atoms with Crippen LogP contribution < -0.4 is 5.32 Å². The maximum absolute atomic E-state index is 10.2. The molecule has 0 aromatic carbocycles. The van der Waals surface area contributed by atoms with Crippen molar-refractivity contribution in [2.75, 3.05) is 20.2 Å². The van der Waals surface area contributed by atoms with Gasteiger partial charge in [0.2, 0.25) is 5.89 Å². The summed E-state index contributed by atoms with van der Waals surface area (Å²) >= 11 is 0. The van der Waals surface area contributed by atoms with Gasteiger partial charge in [0, 0.05) is 13.7 Å². The molecule has 1 aliphatic rings. The number of hydrogen-bond donors (Lipinski definition) is 2. The normalized spacial score (nSPS) is 25.9. The summed E-state index contributed by atoms with van der Waals surface area (Å²) in [4.78, 5) is 4.15. The summed E-state index contributed by atoms with van der Waals surface area (Å²) in [6.45, 7) is 1.87.